The topological polar surface area (TPSA) is 207 Å². The number of rotatable bonds is 12. The Labute approximate surface area is 423 Å². The lowest BCUT2D eigenvalue weighted by molar-refractivity contribution is -0.192. The standard InChI is InChI=1S/C49H57ClN10O4S.C2HF3O2/c1-28(2)38-24-39(42(62)25-41(38)61)45-54-56-49(64)60(45)37-12-6-33(7-13-37)27-57-20-17-35(18-21-57)47(63)58-22-15-32(16-23-58)26-51-19-14-40-46-55-53-31(5)59(46)48-43(29(3)30(4)65-48)44(52-40)34-8-10-36(50)11-9-34;3-2(4,5)1(6)7/h6-13,24-25,28,32,35,40,51,61-62H,14-23,26-27H2,1-5H3,(H,56,64);(H,6,7)/t40-;/m0./s1. The van der Waals surface area contributed by atoms with Gasteiger partial charge in [0, 0.05) is 52.6 Å². The smallest absolute Gasteiger partial charge is 0.490 e. The van der Waals surface area contributed by atoms with Gasteiger partial charge in [0.25, 0.3) is 0 Å². The van der Waals surface area contributed by atoms with Crippen LogP contribution in [0.4, 0.5) is 13.2 Å². The Hall–Kier alpha value is -6.35. The molecule has 72 heavy (non-hydrogen) atoms. The van der Waals surface area contributed by atoms with Crippen LogP contribution in [-0.4, -0.2) is 118 Å². The van der Waals surface area contributed by atoms with Crippen molar-refractivity contribution in [3.8, 4) is 33.6 Å². The Morgan fingerprint density at radius 1 is 0.917 bits per heavy atom. The van der Waals surface area contributed by atoms with Gasteiger partial charge in [-0.2, -0.15) is 18.3 Å². The molecule has 6 heterocycles. The van der Waals surface area contributed by atoms with Crippen LogP contribution in [0.25, 0.3) is 22.1 Å². The molecule has 0 bridgehead atoms. The molecule has 2 saturated heterocycles. The van der Waals surface area contributed by atoms with E-state index < -0.39 is 17.8 Å². The van der Waals surface area contributed by atoms with E-state index in [2.05, 4.69) is 66.1 Å². The minimum absolute atomic E-state index is 0.00179. The number of nitrogens with one attached hydrogen (secondary N) is 2. The zero-order valence-electron chi connectivity index (χ0n) is 40.6. The number of likely N-dealkylation sites (tertiary alicyclic amines) is 2. The molecule has 1 atom stereocenters. The average molecular weight is 1030 g/mol. The van der Waals surface area contributed by atoms with Gasteiger partial charge in [-0.15, -0.1) is 21.5 Å². The van der Waals surface area contributed by atoms with Crippen molar-refractivity contribution < 1.29 is 38.1 Å². The minimum Gasteiger partial charge on any atom is -0.508 e. The summed E-state index contributed by atoms with van der Waals surface area (Å²) in [5.74, 6) is -0.0655. The minimum atomic E-state index is -5.08. The quantitative estimate of drug-likeness (QED) is 0.0734. The zero-order valence-corrected chi connectivity index (χ0v) is 42.2. The molecule has 9 rings (SSSR count). The Bertz CT molecular complexity index is 3000. The van der Waals surface area contributed by atoms with Crippen LogP contribution in [0.2, 0.25) is 5.02 Å². The molecule has 0 radical (unpaired) electrons. The van der Waals surface area contributed by atoms with Crippen LogP contribution in [0.1, 0.15) is 102 Å². The van der Waals surface area contributed by atoms with Gasteiger partial charge in [-0.3, -0.25) is 19.3 Å². The summed E-state index contributed by atoms with van der Waals surface area (Å²) in [5, 5.41) is 49.6. The third-order valence-electron chi connectivity index (χ3n) is 13.8. The first-order valence-corrected chi connectivity index (χ1v) is 25.2. The number of benzene rings is 3. The summed E-state index contributed by atoms with van der Waals surface area (Å²) in [6, 6.07) is 18.5. The van der Waals surface area contributed by atoms with Crippen molar-refractivity contribution >= 4 is 40.5 Å². The van der Waals surface area contributed by atoms with E-state index in [0.29, 0.717) is 33.7 Å². The maximum atomic E-state index is 13.7. The number of piperidine rings is 2. The fourth-order valence-corrected chi connectivity index (χ4v) is 11.0. The number of thiophene rings is 1. The highest BCUT2D eigenvalue weighted by molar-refractivity contribution is 7.15. The summed E-state index contributed by atoms with van der Waals surface area (Å²) in [7, 11) is 0. The van der Waals surface area contributed by atoms with Gasteiger partial charge in [-0.1, -0.05) is 49.7 Å². The Balaban J connectivity index is 0.000000923. The number of nitrogens with zero attached hydrogens (tertiary/aromatic N) is 8. The third kappa shape index (κ3) is 11.3. The number of aromatic amines is 1. The highest BCUT2D eigenvalue weighted by Crippen LogP contribution is 2.40. The number of carbonyl (C=O) groups excluding carboxylic acids is 1. The van der Waals surface area contributed by atoms with Crippen LogP contribution in [0.15, 0.2) is 70.5 Å². The predicted octanol–water partition coefficient (Wildman–Crippen LogP) is 8.64. The first kappa shape index (κ1) is 52.0. The maximum Gasteiger partial charge on any atom is 0.490 e. The fraction of sp³-hybridized carbons (Fsp3) is 0.431. The first-order valence-electron chi connectivity index (χ1n) is 24.0. The van der Waals surface area contributed by atoms with E-state index >= 15 is 0 Å². The molecule has 0 spiro atoms. The number of carboxylic acid groups (broad SMARTS) is 1. The van der Waals surface area contributed by atoms with E-state index in [9.17, 15) is 33.0 Å². The Morgan fingerprint density at radius 3 is 2.22 bits per heavy atom. The molecule has 16 nitrogen and oxygen atoms in total. The lowest BCUT2D eigenvalue weighted by Gasteiger charge is -2.37. The lowest BCUT2D eigenvalue weighted by atomic mass is 9.92. The van der Waals surface area contributed by atoms with Crippen molar-refractivity contribution in [3.63, 3.8) is 0 Å². The third-order valence-corrected chi connectivity index (χ3v) is 15.2. The van der Waals surface area contributed by atoms with E-state index in [0.717, 1.165) is 117 Å². The molecule has 0 aliphatic carbocycles. The van der Waals surface area contributed by atoms with Gasteiger partial charge in [0.1, 0.15) is 28.4 Å². The number of phenolic OH excluding ortho intramolecular Hbond substituents is 2. The Morgan fingerprint density at radius 2 is 1.58 bits per heavy atom. The highest BCUT2D eigenvalue weighted by atomic mass is 35.5. The summed E-state index contributed by atoms with van der Waals surface area (Å²) in [6.07, 6.45) is -0.647. The Kier molecular flexibility index (Phi) is 15.7. The van der Waals surface area contributed by atoms with Crippen LogP contribution >= 0.6 is 22.9 Å². The molecule has 0 saturated carbocycles. The van der Waals surface area contributed by atoms with Gasteiger partial charge in [0.2, 0.25) is 5.91 Å². The normalized spacial score (nSPS) is 16.7. The van der Waals surface area contributed by atoms with E-state index in [1.165, 1.54) is 21.1 Å². The monoisotopic (exact) mass is 1030 g/mol. The number of halogens is 4. The number of H-pyrrole nitrogens is 1. The van der Waals surface area contributed by atoms with E-state index in [-0.39, 0.29) is 35.2 Å². The van der Waals surface area contributed by atoms with Gasteiger partial charge in [0.15, 0.2) is 11.6 Å². The second-order valence-electron chi connectivity index (χ2n) is 19.0. The average Bonchev–Trinajstić information content (AvgIpc) is 3.99. The summed E-state index contributed by atoms with van der Waals surface area (Å²) in [6.45, 7) is 16.0. The number of aliphatic carboxylic acids is 1. The number of amides is 1. The molecular formula is C51H58ClF3N10O6S. The summed E-state index contributed by atoms with van der Waals surface area (Å²) < 4.78 is 35.4. The van der Waals surface area contributed by atoms with Gasteiger partial charge in [0.05, 0.1) is 17.0 Å². The van der Waals surface area contributed by atoms with Crippen LogP contribution in [0.3, 0.4) is 0 Å². The first-order chi connectivity index (χ1) is 34.3. The number of alkyl halides is 3. The molecular weight excluding hydrogens is 973 g/mol. The number of aliphatic imine (C=N–C) groups is 1. The van der Waals surface area contributed by atoms with Crippen molar-refractivity contribution in [2.75, 3.05) is 39.3 Å². The molecule has 3 aliphatic rings. The van der Waals surface area contributed by atoms with Crippen LogP contribution < -0.4 is 11.0 Å². The molecule has 5 N–H and O–H groups in total. The maximum absolute atomic E-state index is 13.7. The number of hydrogen-bond acceptors (Lipinski definition) is 12. The number of phenols is 2. The molecule has 3 aliphatic heterocycles. The van der Waals surface area contributed by atoms with Crippen molar-refractivity contribution in [1.29, 1.82) is 0 Å². The van der Waals surface area contributed by atoms with Crippen LogP contribution in [0.5, 0.6) is 11.5 Å². The van der Waals surface area contributed by atoms with Crippen molar-refractivity contribution in [2.45, 2.75) is 91.4 Å². The number of aromatic hydroxyl groups is 2. The van der Waals surface area contributed by atoms with E-state index in [1.54, 1.807) is 17.4 Å². The van der Waals surface area contributed by atoms with Crippen LogP contribution in [0, 0.1) is 32.6 Å². The van der Waals surface area contributed by atoms with Gasteiger partial charge in [-0.05, 0) is 138 Å². The van der Waals surface area contributed by atoms with Crippen molar-refractivity contribution in [1.82, 2.24) is 44.6 Å². The molecule has 6 aromatic rings. The molecule has 0 unspecified atom stereocenters. The predicted molar refractivity (Wildman–Crippen MR) is 269 cm³/mol. The molecule has 382 valence electrons. The summed E-state index contributed by atoms with van der Waals surface area (Å²) in [4.78, 5) is 46.7. The second-order valence-corrected chi connectivity index (χ2v) is 20.6. The number of carbonyl (C=O) groups is 2. The lowest BCUT2D eigenvalue weighted by Crippen LogP contribution is -2.46. The molecule has 1 amide bonds. The van der Waals surface area contributed by atoms with Gasteiger partial charge >= 0.3 is 17.8 Å². The molecule has 2 fully saturated rings. The van der Waals surface area contributed by atoms with Crippen LogP contribution in [-0.2, 0) is 16.1 Å². The second kappa shape index (κ2) is 21.8. The molecule has 21 heteroatoms. The fourth-order valence-electron chi connectivity index (χ4n) is 9.65. The number of aromatic nitrogens is 6. The van der Waals surface area contributed by atoms with Gasteiger partial charge < -0.3 is 25.5 Å². The van der Waals surface area contributed by atoms with Crippen molar-refractivity contribution in [2.24, 2.45) is 16.8 Å². The number of carboxylic acids is 1. The molecule has 3 aromatic heterocycles. The zero-order chi connectivity index (χ0) is 51.6. The van der Waals surface area contributed by atoms with E-state index in [1.807, 2.05) is 57.2 Å². The molecule has 3 aromatic carbocycles. The summed E-state index contributed by atoms with van der Waals surface area (Å²) >= 11 is 8.06. The number of hydrogen-bond donors (Lipinski definition) is 5. The SMILES string of the molecule is Cc1sc2c(c1C)C(c1ccc(Cl)cc1)=N[C@@H](CCNCC1CCN(C(=O)C3CCN(Cc4ccc(-n5c(-c6cc(C(C)C)c(O)cc6O)n[nH]c5=O)cc4)CC3)CC1)c1nnc(C)n1-2.O=C(O)C(F)(F)F. The number of aryl methyl sites for hydroxylation is 2. The largest absolute Gasteiger partial charge is 0.508 e. The van der Waals surface area contributed by atoms with E-state index in [4.69, 9.17) is 26.5 Å². The van der Waals surface area contributed by atoms with Gasteiger partial charge in [-0.25, -0.2) is 19.3 Å². The number of fused-ring (bicyclic) bond motifs is 3. The van der Waals surface area contributed by atoms with Crippen molar-refractivity contribution in [3.05, 3.63) is 121 Å². The highest BCUT2D eigenvalue weighted by Gasteiger charge is 2.38. The summed E-state index contributed by atoms with van der Waals surface area (Å²) in [5.41, 5.74) is 6.68.